The van der Waals surface area contributed by atoms with Crippen molar-refractivity contribution in [2.24, 2.45) is 0 Å². The highest BCUT2D eigenvalue weighted by atomic mass is 35.5. The Morgan fingerprint density at radius 1 is 0.655 bits per heavy atom. The molecule has 0 saturated carbocycles. The maximum Gasteiger partial charge on any atom is 0.221 e. The third-order valence-corrected chi connectivity index (χ3v) is 5.59. The summed E-state index contributed by atoms with van der Waals surface area (Å²) in [5.74, 6) is -0.0929. The van der Waals surface area contributed by atoms with Crippen molar-refractivity contribution in [3.63, 3.8) is 0 Å². The molecule has 3 heteroatoms. The smallest absolute Gasteiger partial charge is 0.221 e. The highest BCUT2D eigenvalue weighted by molar-refractivity contribution is 6.31. The van der Waals surface area contributed by atoms with E-state index in [2.05, 4.69) is 59.9 Å². The minimum atomic E-state index is -0.0929. The molecule has 1 aliphatic rings. The molecule has 0 fully saturated rings. The first-order valence-corrected chi connectivity index (χ1v) is 9.91. The van der Waals surface area contributed by atoms with Gasteiger partial charge in [0, 0.05) is 23.2 Å². The van der Waals surface area contributed by atoms with E-state index in [0.29, 0.717) is 5.02 Å². The Morgan fingerprint density at radius 3 is 1.86 bits per heavy atom. The van der Waals surface area contributed by atoms with E-state index in [0.717, 1.165) is 44.6 Å². The molecule has 29 heavy (non-hydrogen) atoms. The zero-order valence-electron chi connectivity index (χ0n) is 15.9. The lowest BCUT2D eigenvalue weighted by molar-refractivity contribution is -0.114. The number of rotatable bonds is 1. The van der Waals surface area contributed by atoms with Gasteiger partial charge in [-0.25, -0.2) is 0 Å². The molecule has 4 aromatic carbocycles. The second-order valence-corrected chi connectivity index (χ2v) is 7.63. The van der Waals surface area contributed by atoms with Crippen LogP contribution in [0.3, 0.4) is 0 Å². The summed E-state index contributed by atoms with van der Waals surface area (Å²) < 4.78 is 0. The molecule has 0 saturated heterocycles. The maximum atomic E-state index is 11.9. The van der Waals surface area contributed by atoms with Crippen LogP contribution in [0.15, 0.2) is 84.9 Å². The molecule has 0 atom stereocenters. The average Bonchev–Trinajstić information content (AvgIpc) is 2.72. The molecule has 0 radical (unpaired) electrons. The lowest BCUT2D eigenvalue weighted by Crippen LogP contribution is -2.08. The van der Waals surface area contributed by atoms with Gasteiger partial charge in [0.15, 0.2) is 0 Å². The largest absolute Gasteiger partial charge is 0.326 e. The van der Waals surface area contributed by atoms with Crippen molar-refractivity contribution >= 4 is 23.2 Å². The fourth-order valence-electron chi connectivity index (χ4n) is 4.22. The summed E-state index contributed by atoms with van der Waals surface area (Å²) in [7, 11) is 0. The van der Waals surface area contributed by atoms with Crippen molar-refractivity contribution in [2.75, 3.05) is 5.32 Å². The first-order chi connectivity index (χ1) is 14.1. The van der Waals surface area contributed by atoms with E-state index in [1.807, 2.05) is 30.3 Å². The molecule has 0 aliphatic heterocycles. The number of carbonyl (C=O) groups is 1. The number of carbonyl (C=O) groups excluding carboxylic acids is 1. The highest BCUT2D eigenvalue weighted by Gasteiger charge is 2.23. The molecule has 0 heterocycles. The standard InChI is InChI=1S/C26H18ClNO/c1-16(29)28-25-12-6-11-23-24-15-17(27)13-14-21(24)19-8-3-2-7-18(19)20-9-4-5-10-22(20)26(23)25/h2-15H,1H3,(H,28,29). The average molecular weight is 396 g/mol. The SMILES string of the molecule is CC(=O)Nc1cccc2c1-c1ccccc1-c1ccccc1-c1ccc(Cl)cc1-2. The zero-order chi connectivity index (χ0) is 20.0. The van der Waals surface area contributed by atoms with E-state index in [-0.39, 0.29) is 5.91 Å². The van der Waals surface area contributed by atoms with Gasteiger partial charge in [0.25, 0.3) is 0 Å². The van der Waals surface area contributed by atoms with Crippen molar-refractivity contribution < 1.29 is 4.79 Å². The van der Waals surface area contributed by atoms with Crippen molar-refractivity contribution in [1.82, 2.24) is 0 Å². The fraction of sp³-hybridized carbons (Fsp3) is 0.0385. The van der Waals surface area contributed by atoms with Gasteiger partial charge in [-0.1, -0.05) is 78.3 Å². The van der Waals surface area contributed by atoms with E-state index in [1.54, 1.807) is 0 Å². The van der Waals surface area contributed by atoms with Crippen LogP contribution in [-0.4, -0.2) is 5.91 Å². The molecule has 4 aromatic rings. The van der Waals surface area contributed by atoms with Gasteiger partial charge in [0.1, 0.15) is 0 Å². The van der Waals surface area contributed by atoms with Gasteiger partial charge in [-0.2, -0.15) is 0 Å². The predicted molar refractivity (Wildman–Crippen MR) is 121 cm³/mol. The summed E-state index contributed by atoms with van der Waals surface area (Å²) in [4.78, 5) is 11.9. The first-order valence-electron chi connectivity index (χ1n) is 9.53. The third kappa shape index (κ3) is 2.93. The van der Waals surface area contributed by atoms with Crippen LogP contribution in [0.4, 0.5) is 5.69 Å². The molecule has 0 bridgehead atoms. The number of anilines is 1. The maximum absolute atomic E-state index is 11.9. The minimum Gasteiger partial charge on any atom is -0.326 e. The van der Waals surface area contributed by atoms with E-state index in [4.69, 9.17) is 11.6 Å². The number of nitrogens with one attached hydrogen (secondary N) is 1. The molecule has 2 nitrogen and oxygen atoms in total. The Morgan fingerprint density at radius 2 is 1.21 bits per heavy atom. The summed E-state index contributed by atoms with van der Waals surface area (Å²) >= 11 is 6.42. The monoisotopic (exact) mass is 395 g/mol. The highest BCUT2D eigenvalue weighted by Crippen LogP contribution is 2.50. The quantitative estimate of drug-likeness (QED) is 0.317. The van der Waals surface area contributed by atoms with Gasteiger partial charge < -0.3 is 5.32 Å². The fourth-order valence-corrected chi connectivity index (χ4v) is 4.40. The summed E-state index contributed by atoms with van der Waals surface area (Å²) in [6.45, 7) is 1.54. The molecule has 0 aromatic heterocycles. The Labute approximate surface area is 174 Å². The van der Waals surface area contributed by atoms with Gasteiger partial charge in [-0.15, -0.1) is 0 Å². The van der Waals surface area contributed by atoms with Crippen LogP contribution in [0, 0.1) is 0 Å². The van der Waals surface area contributed by atoms with Gasteiger partial charge in [-0.05, 0) is 57.1 Å². The number of amides is 1. The Kier molecular flexibility index (Phi) is 4.22. The molecule has 1 N–H and O–H groups in total. The summed E-state index contributed by atoms with van der Waals surface area (Å²) in [6.07, 6.45) is 0. The van der Waals surface area contributed by atoms with Gasteiger partial charge >= 0.3 is 0 Å². The van der Waals surface area contributed by atoms with Crippen molar-refractivity contribution in [3.8, 4) is 44.5 Å². The van der Waals surface area contributed by atoms with E-state index in [9.17, 15) is 4.79 Å². The summed E-state index contributed by atoms with van der Waals surface area (Å²) in [5.41, 5.74) is 9.60. The van der Waals surface area contributed by atoms with Crippen LogP contribution < -0.4 is 5.32 Å². The summed E-state index contributed by atoms with van der Waals surface area (Å²) in [5, 5.41) is 3.71. The second kappa shape index (κ2) is 6.91. The lowest BCUT2D eigenvalue weighted by Gasteiger charge is -2.25. The molecule has 5 rings (SSSR count). The second-order valence-electron chi connectivity index (χ2n) is 7.19. The number of hydrogen-bond donors (Lipinski definition) is 1. The molecular weight excluding hydrogens is 378 g/mol. The minimum absolute atomic E-state index is 0.0929. The van der Waals surface area contributed by atoms with E-state index < -0.39 is 0 Å². The predicted octanol–water partition coefficient (Wildman–Crippen LogP) is 7.28. The Bertz CT molecular complexity index is 1280. The number of benzene rings is 4. The first kappa shape index (κ1) is 17.7. The number of fused-ring (bicyclic) bond motifs is 8. The van der Waals surface area contributed by atoms with Crippen LogP contribution in [0.25, 0.3) is 44.5 Å². The number of halogens is 1. The molecule has 1 amide bonds. The van der Waals surface area contributed by atoms with Crippen LogP contribution >= 0.6 is 11.6 Å². The number of hydrogen-bond acceptors (Lipinski definition) is 1. The van der Waals surface area contributed by atoms with Crippen LogP contribution in [0.1, 0.15) is 6.92 Å². The van der Waals surface area contributed by atoms with Crippen LogP contribution in [0.2, 0.25) is 5.02 Å². The Balaban J connectivity index is 1.98. The Hall–Kier alpha value is -3.36. The lowest BCUT2D eigenvalue weighted by atomic mass is 9.80. The van der Waals surface area contributed by atoms with Gasteiger partial charge in [-0.3, -0.25) is 4.79 Å². The van der Waals surface area contributed by atoms with E-state index in [1.165, 1.54) is 12.5 Å². The molecular formula is C26H18ClNO. The molecule has 140 valence electrons. The van der Waals surface area contributed by atoms with Crippen molar-refractivity contribution in [1.29, 1.82) is 0 Å². The molecule has 0 unspecified atom stereocenters. The zero-order valence-corrected chi connectivity index (χ0v) is 16.6. The topological polar surface area (TPSA) is 29.1 Å². The third-order valence-electron chi connectivity index (χ3n) is 5.35. The van der Waals surface area contributed by atoms with E-state index >= 15 is 0 Å². The van der Waals surface area contributed by atoms with Crippen molar-refractivity contribution in [2.45, 2.75) is 6.92 Å². The van der Waals surface area contributed by atoms with Crippen molar-refractivity contribution in [3.05, 3.63) is 90.0 Å². The molecule has 1 aliphatic carbocycles. The van der Waals surface area contributed by atoms with Crippen LogP contribution in [0.5, 0.6) is 0 Å². The molecule has 0 spiro atoms. The van der Waals surface area contributed by atoms with Gasteiger partial charge in [0.05, 0.1) is 0 Å². The van der Waals surface area contributed by atoms with Crippen LogP contribution in [-0.2, 0) is 4.79 Å². The normalized spacial score (nSPS) is 11.2. The van der Waals surface area contributed by atoms with Gasteiger partial charge in [0.2, 0.25) is 5.91 Å². The summed E-state index contributed by atoms with van der Waals surface area (Å²) in [6, 6.07) is 28.8.